The summed E-state index contributed by atoms with van der Waals surface area (Å²) in [7, 11) is 0.611. The molecule has 0 aromatic rings. The molecule has 0 aromatic heterocycles. The highest BCUT2D eigenvalue weighted by molar-refractivity contribution is 7.80. The van der Waals surface area contributed by atoms with Gasteiger partial charge in [-0.25, -0.2) is 8.42 Å². The molecule has 0 rings (SSSR count). The highest BCUT2D eigenvalue weighted by Gasteiger charge is 2.08. The van der Waals surface area contributed by atoms with Crippen LogP contribution in [-0.2, 0) is 14.6 Å². The van der Waals surface area contributed by atoms with E-state index < -0.39 is 10.4 Å². The summed E-state index contributed by atoms with van der Waals surface area (Å²) < 4.78 is 31.9. The number of quaternary nitrogens is 1. The number of hydrogen-bond donors (Lipinski definition) is 1. The zero-order valence-electron chi connectivity index (χ0n) is 9.06. The lowest BCUT2D eigenvalue weighted by atomic mass is 10.5. The van der Waals surface area contributed by atoms with E-state index in [0.717, 1.165) is 24.7 Å². The topological polar surface area (TPSA) is 86.7 Å². The fraction of sp³-hybridized carbons (Fsp3) is 1.00. The minimum atomic E-state index is -4.41. The molecule has 7 heteroatoms. The molecule has 0 heterocycles. The van der Waals surface area contributed by atoms with E-state index in [4.69, 9.17) is 5.11 Å². The molecule has 6 nitrogen and oxygen atoms in total. The third-order valence-electron chi connectivity index (χ3n) is 1.77. The molecule has 0 unspecified atom stereocenters. The number of aliphatic hydroxyl groups excluding tert-OH is 1. The van der Waals surface area contributed by atoms with Gasteiger partial charge in [0.15, 0.2) is 0 Å². The van der Waals surface area contributed by atoms with Crippen molar-refractivity contribution in [2.24, 2.45) is 0 Å². The molecule has 0 saturated carbocycles. The van der Waals surface area contributed by atoms with Crippen molar-refractivity contribution in [3.05, 3.63) is 0 Å². The van der Waals surface area contributed by atoms with E-state index in [1.54, 1.807) is 0 Å². The fourth-order valence-electron chi connectivity index (χ4n) is 0.429. The third kappa shape index (κ3) is 14.3. The molecule has 0 amide bonds. The highest BCUT2D eigenvalue weighted by atomic mass is 32.3. The maximum atomic E-state index is 9.22. The summed E-state index contributed by atoms with van der Waals surface area (Å²) in [6, 6.07) is 0. The minimum absolute atomic E-state index is 0.292. The second-order valence-electron chi connectivity index (χ2n) is 3.27. The van der Waals surface area contributed by atoms with Gasteiger partial charge in [0, 0.05) is 0 Å². The first kappa shape index (κ1) is 16.2. The molecule has 0 aliphatic heterocycles. The van der Waals surface area contributed by atoms with Crippen LogP contribution in [0.4, 0.5) is 0 Å². The lowest BCUT2D eigenvalue weighted by Crippen LogP contribution is -2.41. The molecule has 0 radical (unpaired) electrons. The maximum Gasteiger partial charge on any atom is 0.217 e. The Morgan fingerprint density at radius 1 is 1.43 bits per heavy atom. The number of rotatable bonds is 4. The Hall–Kier alpha value is -0.210. The van der Waals surface area contributed by atoms with Crippen LogP contribution in [0.15, 0.2) is 0 Å². The van der Waals surface area contributed by atoms with Crippen molar-refractivity contribution in [1.82, 2.24) is 0 Å². The third-order valence-corrected chi connectivity index (χ3v) is 2.17. The van der Waals surface area contributed by atoms with E-state index in [1.807, 2.05) is 0 Å². The molecular weight excluding hydrogens is 210 g/mol. The summed E-state index contributed by atoms with van der Waals surface area (Å²) in [6.07, 6.45) is 0. The van der Waals surface area contributed by atoms with E-state index in [1.165, 1.54) is 0 Å². The van der Waals surface area contributed by atoms with Crippen molar-refractivity contribution in [3.63, 3.8) is 0 Å². The quantitative estimate of drug-likeness (QED) is 0.386. The first-order valence-electron chi connectivity index (χ1n) is 4.13. The number of aliphatic hydroxyl groups is 1. The van der Waals surface area contributed by atoms with Crippen LogP contribution in [-0.4, -0.2) is 63.5 Å². The summed E-state index contributed by atoms with van der Waals surface area (Å²) in [5.41, 5.74) is 0. The van der Waals surface area contributed by atoms with Gasteiger partial charge in [-0.2, -0.15) is 0 Å². The van der Waals surface area contributed by atoms with Gasteiger partial charge < -0.3 is 14.1 Å². The predicted octanol–water partition coefficient (Wildman–Crippen LogP) is -0.832. The Labute approximate surface area is 85.6 Å². The summed E-state index contributed by atoms with van der Waals surface area (Å²) in [5, 5.41) is 8.52. The molecular formula is C7H19NO5S. The standard InChI is InChI=1S/C6H16NO.CH4O4S/c1-4-7(2,3)5-6-8;1-5-6(2,3)4/h8H,4-6H2,1-3H3;1H3,(H,2,3,4)/q+1;/p-1. The van der Waals surface area contributed by atoms with Crippen LogP contribution in [0.1, 0.15) is 6.92 Å². The number of likely N-dealkylation sites (N-methyl/N-ethyl adjacent to an activating group) is 1. The largest absolute Gasteiger partial charge is 0.726 e. The van der Waals surface area contributed by atoms with Crippen LogP contribution in [0.3, 0.4) is 0 Å². The van der Waals surface area contributed by atoms with E-state index in [-0.39, 0.29) is 0 Å². The zero-order valence-corrected chi connectivity index (χ0v) is 9.87. The Kier molecular flexibility index (Phi) is 8.27. The van der Waals surface area contributed by atoms with E-state index in [0.29, 0.717) is 6.61 Å². The monoisotopic (exact) mass is 229 g/mol. The van der Waals surface area contributed by atoms with Crippen molar-refractivity contribution >= 4 is 10.4 Å². The normalized spacial score (nSPS) is 11.9. The lowest BCUT2D eigenvalue weighted by Gasteiger charge is -2.26. The highest BCUT2D eigenvalue weighted by Crippen LogP contribution is 1.92. The number of nitrogens with zero attached hydrogens (tertiary/aromatic N) is 1. The van der Waals surface area contributed by atoms with Crippen LogP contribution in [0.5, 0.6) is 0 Å². The Morgan fingerprint density at radius 3 is 1.86 bits per heavy atom. The van der Waals surface area contributed by atoms with Crippen molar-refractivity contribution in [2.45, 2.75) is 6.92 Å². The summed E-state index contributed by atoms with van der Waals surface area (Å²) in [4.78, 5) is 0. The average Bonchev–Trinajstić information content (AvgIpc) is 2.04. The first-order chi connectivity index (χ1) is 6.18. The number of hydrogen-bond acceptors (Lipinski definition) is 5. The molecule has 0 fully saturated rings. The fourth-order valence-corrected chi connectivity index (χ4v) is 0.429. The van der Waals surface area contributed by atoms with E-state index >= 15 is 0 Å². The van der Waals surface area contributed by atoms with Gasteiger partial charge in [0.05, 0.1) is 34.4 Å². The van der Waals surface area contributed by atoms with Gasteiger partial charge in [-0.1, -0.05) is 0 Å². The Bertz CT molecular complexity index is 224. The molecule has 88 valence electrons. The van der Waals surface area contributed by atoms with Crippen LogP contribution in [0.2, 0.25) is 0 Å². The van der Waals surface area contributed by atoms with Gasteiger partial charge in [-0.05, 0) is 6.92 Å². The molecule has 0 spiro atoms. The minimum Gasteiger partial charge on any atom is -0.726 e. The average molecular weight is 229 g/mol. The molecule has 0 saturated heterocycles. The summed E-state index contributed by atoms with van der Waals surface area (Å²) in [5.74, 6) is 0. The Morgan fingerprint density at radius 2 is 1.79 bits per heavy atom. The lowest BCUT2D eigenvalue weighted by molar-refractivity contribution is -0.888. The Balaban J connectivity index is 0. The molecule has 14 heavy (non-hydrogen) atoms. The van der Waals surface area contributed by atoms with Gasteiger partial charge >= 0.3 is 0 Å². The molecule has 0 bridgehead atoms. The van der Waals surface area contributed by atoms with Gasteiger partial charge in [0.25, 0.3) is 0 Å². The predicted molar refractivity (Wildman–Crippen MR) is 51.3 cm³/mol. The van der Waals surface area contributed by atoms with E-state index in [2.05, 4.69) is 25.2 Å². The van der Waals surface area contributed by atoms with Gasteiger partial charge in [0.1, 0.15) is 6.54 Å². The van der Waals surface area contributed by atoms with Crippen LogP contribution >= 0.6 is 0 Å². The van der Waals surface area contributed by atoms with Crippen molar-refractivity contribution in [2.75, 3.05) is 40.9 Å². The molecule has 1 N–H and O–H groups in total. The van der Waals surface area contributed by atoms with Crippen LogP contribution in [0.25, 0.3) is 0 Å². The van der Waals surface area contributed by atoms with Gasteiger partial charge in [-0.15, -0.1) is 0 Å². The summed E-state index contributed by atoms with van der Waals surface area (Å²) in [6.45, 7) is 4.35. The van der Waals surface area contributed by atoms with Crippen molar-refractivity contribution in [1.29, 1.82) is 0 Å². The molecule has 0 aliphatic rings. The smallest absolute Gasteiger partial charge is 0.217 e. The molecule has 0 atom stereocenters. The zero-order chi connectivity index (χ0) is 11.8. The van der Waals surface area contributed by atoms with Crippen LogP contribution < -0.4 is 0 Å². The van der Waals surface area contributed by atoms with Gasteiger partial charge in [0.2, 0.25) is 10.4 Å². The first-order valence-corrected chi connectivity index (χ1v) is 5.46. The SMILES string of the molecule is CC[N+](C)(C)CCO.COS(=O)(=O)[O-]. The van der Waals surface area contributed by atoms with Crippen molar-refractivity contribution in [3.8, 4) is 0 Å². The van der Waals surface area contributed by atoms with Crippen molar-refractivity contribution < 1.29 is 26.7 Å². The maximum absolute atomic E-state index is 9.22. The van der Waals surface area contributed by atoms with Gasteiger partial charge in [-0.3, -0.25) is 4.18 Å². The second kappa shape index (κ2) is 7.13. The molecule has 0 aromatic carbocycles. The molecule has 0 aliphatic carbocycles. The van der Waals surface area contributed by atoms with E-state index in [9.17, 15) is 13.0 Å². The summed E-state index contributed by atoms with van der Waals surface area (Å²) >= 11 is 0. The van der Waals surface area contributed by atoms with Crippen LogP contribution in [0, 0.1) is 0 Å². The second-order valence-corrected chi connectivity index (χ2v) is 4.42.